The van der Waals surface area contributed by atoms with Crippen LogP contribution in [0.25, 0.3) is 0 Å². The van der Waals surface area contributed by atoms with Crippen LogP contribution in [0.4, 0.5) is 0 Å². The molecule has 0 radical (unpaired) electrons. The smallest absolute Gasteiger partial charge is 0.122 e. The van der Waals surface area contributed by atoms with E-state index < -0.39 is 0 Å². The molecule has 0 aliphatic rings. The molecule has 0 aliphatic carbocycles. The Labute approximate surface area is 188 Å². The molecule has 0 spiro atoms. The summed E-state index contributed by atoms with van der Waals surface area (Å²) in [5.41, 5.74) is 2.79. The average molecular weight is 419 g/mol. The fraction of sp³-hybridized carbons (Fsp3) is 0.786. The van der Waals surface area contributed by atoms with Crippen molar-refractivity contribution in [2.45, 2.75) is 129 Å². The summed E-state index contributed by atoms with van der Waals surface area (Å²) < 4.78 is 11.5. The Hall–Kier alpha value is -1.18. The second-order valence-electron chi connectivity index (χ2n) is 8.88. The van der Waals surface area contributed by atoms with E-state index in [0.29, 0.717) is 0 Å². The van der Waals surface area contributed by atoms with Gasteiger partial charge in [0.05, 0.1) is 14.2 Å². The van der Waals surface area contributed by atoms with Crippen molar-refractivity contribution in [3.8, 4) is 11.5 Å². The second kappa shape index (κ2) is 18.6. The minimum Gasteiger partial charge on any atom is -0.496 e. The number of rotatable bonds is 20. The standard InChI is InChI=1S/C28H50O2/c1-5-7-9-11-13-15-17-19-21-25-26(28(30-4)24-23-27(25)29-3)22-20-18-16-14-12-10-8-6-2/h23-24H,5-22H2,1-4H3. The van der Waals surface area contributed by atoms with Crippen molar-refractivity contribution in [1.29, 1.82) is 0 Å². The number of ether oxygens (including phenoxy) is 2. The molecule has 0 N–H and O–H groups in total. The predicted molar refractivity (Wildman–Crippen MR) is 132 cm³/mol. The minimum atomic E-state index is 1.05. The monoisotopic (exact) mass is 418 g/mol. The van der Waals surface area contributed by atoms with E-state index in [1.807, 2.05) is 0 Å². The van der Waals surface area contributed by atoms with Gasteiger partial charge in [0, 0.05) is 11.1 Å². The normalized spacial score (nSPS) is 11.1. The van der Waals surface area contributed by atoms with Crippen LogP contribution in [0.15, 0.2) is 12.1 Å². The molecule has 0 saturated heterocycles. The van der Waals surface area contributed by atoms with Gasteiger partial charge in [-0.1, -0.05) is 104 Å². The summed E-state index contributed by atoms with van der Waals surface area (Å²) in [7, 11) is 3.61. The summed E-state index contributed by atoms with van der Waals surface area (Å²) in [5.74, 6) is 2.10. The molecule has 30 heavy (non-hydrogen) atoms. The molecule has 0 aromatic heterocycles. The number of hydrogen-bond acceptors (Lipinski definition) is 2. The van der Waals surface area contributed by atoms with Crippen molar-refractivity contribution in [3.05, 3.63) is 23.3 Å². The van der Waals surface area contributed by atoms with Crippen molar-refractivity contribution < 1.29 is 9.47 Å². The first-order valence-corrected chi connectivity index (χ1v) is 13.0. The first kappa shape index (κ1) is 26.9. The molecule has 2 heteroatoms. The molecule has 1 rings (SSSR count). The van der Waals surface area contributed by atoms with Crippen LogP contribution in [0, 0.1) is 0 Å². The molecule has 0 fully saturated rings. The van der Waals surface area contributed by atoms with Gasteiger partial charge in [0.15, 0.2) is 0 Å². The third-order valence-corrected chi connectivity index (χ3v) is 6.35. The molecule has 0 saturated carbocycles. The summed E-state index contributed by atoms with van der Waals surface area (Å²) in [5, 5.41) is 0. The zero-order valence-corrected chi connectivity index (χ0v) is 20.7. The second-order valence-corrected chi connectivity index (χ2v) is 8.88. The molecule has 2 nitrogen and oxygen atoms in total. The minimum absolute atomic E-state index is 1.05. The highest BCUT2D eigenvalue weighted by molar-refractivity contribution is 5.49. The van der Waals surface area contributed by atoms with Crippen LogP contribution >= 0.6 is 0 Å². The van der Waals surface area contributed by atoms with E-state index >= 15 is 0 Å². The molecule has 1 aromatic rings. The van der Waals surface area contributed by atoms with Crippen molar-refractivity contribution in [2.75, 3.05) is 14.2 Å². The largest absolute Gasteiger partial charge is 0.496 e. The molecule has 0 aliphatic heterocycles. The van der Waals surface area contributed by atoms with Crippen LogP contribution in [0.2, 0.25) is 0 Å². The topological polar surface area (TPSA) is 18.5 Å². The number of benzene rings is 1. The van der Waals surface area contributed by atoms with Gasteiger partial charge in [-0.25, -0.2) is 0 Å². The Morgan fingerprint density at radius 1 is 0.467 bits per heavy atom. The Bertz CT molecular complexity index is 477. The quantitative estimate of drug-likeness (QED) is 0.197. The summed E-state index contributed by atoms with van der Waals surface area (Å²) >= 11 is 0. The van der Waals surface area contributed by atoms with Gasteiger partial charge < -0.3 is 9.47 Å². The Morgan fingerprint density at radius 2 is 0.767 bits per heavy atom. The number of unbranched alkanes of at least 4 members (excludes halogenated alkanes) is 14. The van der Waals surface area contributed by atoms with E-state index in [2.05, 4.69) is 26.0 Å². The van der Waals surface area contributed by atoms with Crippen LogP contribution in [0.1, 0.15) is 128 Å². The van der Waals surface area contributed by atoms with E-state index in [1.54, 1.807) is 14.2 Å². The molecular weight excluding hydrogens is 368 g/mol. The first-order chi connectivity index (χ1) is 14.8. The average Bonchev–Trinajstić information content (AvgIpc) is 2.77. The summed E-state index contributed by atoms with van der Waals surface area (Å²) in [4.78, 5) is 0. The lowest BCUT2D eigenvalue weighted by Crippen LogP contribution is -2.03. The van der Waals surface area contributed by atoms with Gasteiger partial charge in [0.1, 0.15) is 11.5 Å². The third kappa shape index (κ3) is 11.3. The lowest BCUT2D eigenvalue weighted by atomic mass is 9.94. The summed E-state index contributed by atoms with van der Waals surface area (Å²) in [6.45, 7) is 4.57. The Morgan fingerprint density at radius 3 is 1.07 bits per heavy atom. The van der Waals surface area contributed by atoms with E-state index in [0.717, 1.165) is 24.3 Å². The van der Waals surface area contributed by atoms with E-state index in [1.165, 1.54) is 114 Å². The van der Waals surface area contributed by atoms with Crippen LogP contribution in [0.5, 0.6) is 11.5 Å². The molecule has 0 unspecified atom stereocenters. The number of hydrogen-bond donors (Lipinski definition) is 0. The molecule has 174 valence electrons. The summed E-state index contributed by atoms with van der Waals surface area (Å²) in [6, 6.07) is 4.19. The maximum absolute atomic E-state index is 5.73. The van der Waals surface area contributed by atoms with Crippen LogP contribution in [0.3, 0.4) is 0 Å². The fourth-order valence-corrected chi connectivity index (χ4v) is 4.45. The molecule has 0 heterocycles. The zero-order chi connectivity index (χ0) is 21.9. The van der Waals surface area contributed by atoms with Gasteiger partial charge in [0.2, 0.25) is 0 Å². The van der Waals surface area contributed by atoms with Gasteiger partial charge in [-0.15, -0.1) is 0 Å². The van der Waals surface area contributed by atoms with Gasteiger partial charge >= 0.3 is 0 Å². The number of methoxy groups -OCH3 is 2. The Balaban J connectivity index is 2.49. The maximum atomic E-state index is 5.73. The third-order valence-electron chi connectivity index (χ3n) is 6.35. The van der Waals surface area contributed by atoms with E-state index in [9.17, 15) is 0 Å². The SMILES string of the molecule is CCCCCCCCCCc1c(OC)ccc(OC)c1CCCCCCCCCC. The molecule has 1 aromatic carbocycles. The van der Waals surface area contributed by atoms with Gasteiger partial charge in [-0.2, -0.15) is 0 Å². The van der Waals surface area contributed by atoms with E-state index in [-0.39, 0.29) is 0 Å². The van der Waals surface area contributed by atoms with Gasteiger partial charge in [-0.05, 0) is 37.8 Å². The lowest BCUT2D eigenvalue weighted by molar-refractivity contribution is 0.392. The lowest BCUT2D eigenvalue weighted by Gasteiger charge is -2.17. The maximum Gasteiger partial charge on any atom is 0.122 e. The zero-order valence-electron chi connectivity index (χ0n) is 20.7. The summed E-state index contributed by atoms with van der Waals surface area (Å²) in [6.07, 6.45) is 23.9. The predicted octanol–water partition coefficient (Wildman–Crippen LogP) is 9.07. The molecule has 0 amide bonds. The highest BCUT2D eigenvalue weighted by Crippen LogP contribution is 2.33. The van der Waals surface area contributed by atoms with Crippen molar-refractivity contribution in [2.24, 2.45) is 0 Å². The highest BCUT2D eigenvalue weighted by atomic mass is 16.5. The van der Waals surface area contributed by atoms with Crippen LogP contribution in [-0.4, -0.2) is 14.2 Å². The first-order valence-electron chi connectivity index (χ1n) is 13.0. The molecule has 0 atom stereocenters. The van der Waals surface area contributed by atoms with Gasteiger partial charge in [-0.3, -0.25) is 0 Å². The molecular formula is C28H50O2. The van der Waals surface area contributed by atoms with Crippen LogP contribution in [-0.2, 0) is 12.8 Å². The van der Waals surface area contributed by atoms with Crippen molar-refractivity contribution in [1.82, 2.24) is 0 Å². The van der Waals surface area contributed by atoms with Crippen LogP contribution < -0.4 is 9.47 Å². The van der Waals surface area contributed by atoms with Crippen molar-refractivity contribution >= 4 is 0 Å². The molecule has 0 bridgehead atoms. The Kier molecular flexibility index (Phi) is 16.6. The fourth-order valence-electron chi connectivity index (χ4n) is 4.45. The van der Waals surface area contributed by atoms with Gasteiger partial charge in [0.25, 0.3) is 0 Å². The van der Waals surface area contributed by atoms with Crippen molar-refractivity contribution in [3.63, 3.8) is 0 Å². The van der Waals surface area contributed by atoms with E-state index in [4.69, 9.17) is 9.47 Å². The highest BCUT2D eigenvalue weighted by Gasteiger charge is 2.14.